The number of aromatic nitrogens is 1. The Morgan fingerprint density at radius 3 is 3.00 bits per heavy atom. The largest absolute Gasteiger partial charge is 0.493 e. The fourth-order valence-electron chi connectivity index (χ4n) is 3.97. The molecule has 6 heteroatoms. The van der Waals surface area contributed by atoms with Gasteiger partial charge in [-0.2, -0.15) is 5.26 Å². The third-order valence-corrected chi connectivity index (χ3v) is 5.48. The molecule has 3 aromatic rings. The molecule has 4 rings (SSSR count). The van der Waals surface area contributed by atoms with Gasteiger partial charge in [0.2, 0.25) is 5.89 Å². The first-order valence-corrected chi connectivity index (χ1v) is 9.97. The van der Waals surface area contributed by atoms with E-state index in [0.717, 1.165) is 41.2 Å². The van der Waals surface area contributed by atoms with Crippen LogP contribution in [0, 0.1) is 18.3 Å². The predicted octanol–water partition coefficient (Wildman–Crippen LogP) is 4.65. The van der Waals surface area contributed by atoms with E-state index in [9.17, 15) is 4.79 Å². The number of aryl methyl sites for hydroxylation is 2. The van der Waals surface area contributed by atoms with Crippen LogP contribution in [0.5, 0.6) is 5.75 Å². The van der Waals surface area contributed by atoms with Crippen molar-refractivity contribution in [2.75, 3.05) is 6.61 Å². The minimum Gasteiger partial charge on any atom is -0.493 e. The molecular weight excluding hydrogens is 380 g/mol. The molecule has 0 fully saturated rings. The van der Waals surface area contributed by atoms with Crippen molar-refractivity contribution in [2.45, 2.75) is 38.5 Å². The molecule has 0 saturated heterocycles. The fourth-order valence-corrected chi connectivity index (χ4v) is 3.97. The van der Waals surface area contributed by atoms with Crippen molar-refractivity contribution in [3.8, 4) is 23.3 Å². The molecule has 1 atom stereocenters. The zero-order valence-corrected chi connectivity index (χ0v) is 16.7. The van der Waals surface area contributed by atoms with Crippen LogP contribution in [0.4, 0.5) is 0 Å². The smallest absolute Gasteiger partial charge is 0.303 e. The summed E-state index contributed by atoms with van der Waals surface area (Å²) in [5.41, 5.74) is 4.47. The first-order valence-electron chi connectivity index (χ1n) is 9.97. The Balaban J connectivity index is 1.39. The molecule has 1 aliphatic carbocycles. The highest BCUT2D eigenvalue weighted by molar-refractivity contribution is 5.68. The number of benzene rings is 2. The summed E-state index contributed by atoms with van der Waals surface area (Å²) in [5, 5.41) is 18.1. The molecule has 152 valence electrons. The fraction of sp³-hybridized carbons (Fsp3) is 0.292. The van der Waals surface area contributed by atoms with Crippen LogP contribution in [-0.2, 0) is 17.6 Å². The summed E-state index contributed by atoms with van der Waals surface area (Å²) in [6.07, 6.45) is 2.54. The molecule has 1 aliphatic rings. The lowest BCUT2D eigenvalue weighted by Gasteiger charge is -2.10. The maximum Gasteiger partial charge on any atom is 0.303 e. The molecule has 6 nitrogen and oxygen atoms in total. The highest BCUT2D eigenvalue weighted by atomic mass is 16.5. The van der Waals surface area contributed by atoms with Gasteiger partial charge in [0.25, 0.3) is 0 Å². The highest BCUT2D eigenvalue weighted by Crippen LogP contribution is 2.37. The van der Waals surface area contributed by atoms with E-state index in [1.807, 2.05) is 37.3 Å². The molecule has 0 unspecified atom stereocenters. The van der Waals surface area contributed by atoms with E-state index in [4.69, 9.17) is 19.5 Å². The van der Waals surface area contributed by atoms with E-state index < -0.39 is 5.97 Å². The normalized spacial score (nSPS) is 14.9. The van der Waals surface area contributed by atoms with Gasteiger partial charge in [0.1, 0.15) is 11.5 Å². The van der Waals surface area contributed by atoms with Crippen molar-refractivity contribution in [3.05, 3.63) is 70.6 Å². The maximum absolute atomic E-state index is 11.0. The van der Waals surface area contributed by atoms with Crippen LogP contribution in [0.1, 0.15) is 46.9 Å². The van der Waals surface area contributed by atoms with Gasteiger partial charge in [0, 0.05) is 12.0 Å². The van der Waals surface area contributed by atoms with Gasteiger partial charge in [0.05, 0.1) is 30.4 Å². The van der Waals surface area contributed by atoms with Gasteiger partial charge in [-0.25, -0.2) is 4.98 Å². The van der Waals surface area contributed by atoms with Crippen LogP contribution in [0.25, 0.3) is 11.5 Å². The number of carboxylic acids is 1. The summed E-state index contributed by atoms with van der Waals surface area (Å²) < 4.78 is 11.7. The van der Waals surface area contributed by atoms with Crippen molar-refractivity contribution in [2.24, 2.45) is 0 Å². The van der Waals surface area contributed by atoms with E-state index in [2.05, 4.69) is 11.1 Å². The number of nitriles is 1. The van der Waals surface area contributed by atoms with E-state index in [1.165, 1.54) is 5.56 Å². The molecule has 0 bridgehead atoms. The first-order chi connectivity index (χ1) is 14.5. The SMILES string of the molecule is Cc1oc(-c2cccc(C#N)c2)nc1CCOc1ccc2c(c1)CC[C@H]2CC(=O)O. The van der Waals surface area contributed by atoms with Crippen LogP contribution in [0.2, 0.25) is 0 Å². The molecule has 0 amide bonds. The third kappa shape index (κ3) is 4.20. The number of carbonyl (C=O) groups is 1. The number of carboxylic acid groups (broad SMARTS) is 1. The standard InChI is InChI=1S/C24H22N2O4/c1-15-22(26-24(30-15)19-4-2-3-16(11-19)14-25)9-10-29-20-7-8-21-17(12-20)5-6-18(21)13-23(27)28/h2-4,7-8,11-12,18H,5-6,9-10,13H2,1H3,(H,27,28)/t18-/m0/s1. The monoisotopic (exact) mass is 402 g/mol. The number of oxazole rings is 1. The molecule has 2 aromatic carbocycles. The van der Waals surface area contributed by atoms with Crippen molar-refractivity contribution >= 4 is 5.97 Å². The first kappa shape index (κ1) is 19.7. The Bertz CT molecular complexity index is 1130. The lowest BCUT2D eigenvalue weighted by molar-refractivity contribution is -0.137. The van der Waals surface area contributed by atoms with Crippen LogP contribution >= 0.6 is 0 Å². The van der Waals surface area contributed by atoms with Gasteiger partial charge in [-0.3, -0.25) is 4.79 Å². The summed E-state index contributed by atoms with van der Waals surface area (Å²) >= 11 is 0. The quantitative estimate of drug-likeness (QED) is 0.618. The van der Waals surface area contributed by atoms with E-state index in [0.29, 0.717) is 24.5 Å². The summed E-state index contributed by atoms with van der Waals surface area (Å²) in [6, 6.07) is 15.2. The lowest BCUT2D eigenvalue weighted by atomic mass is 9.98. The topological polar surface area (TPSA) is 96.4 Å². The Morgan fingerprint density at radius 1 is 1.33 bits per heavy atom. The van der Waals surface area contributed by atoms with Crippen molar-refractivity contribution < 1.29 is 19.1 Å². The molecule has 30 heavy (non-hydrogen) atoms. The molecule has 1 aromatic heterocycles. The minimum absolute atomic E-state index is 0.0993. The van der Waals surface area contributed by atoms with Crippen LogP contribution in [-0.4, -0.2) is 22.7 Å². The molecule has 0 aliphatic heterocycles. The second-order valence-corrected chi connectivity index (χ2v) is 7.51. The zero-order valence-electron chi connectivity index (χ0n) is 16.7. The number of nitrogens with zero attached hydrogens (tertiary/aromatic N) is 2. The minimum atomic E-state index is -0.755. The average Bonchev–Trinajstić information content (AvgIpc) is 3.31. The highest BCUT2D eigenvalue weighted by Gasteiger charge is 2.25. The van der Waals surface area contributed by atoms with Gasteiger partial charge in [-0.1, -0.05) is 12.1 Å². The number of fused-ring (bicyclic) bond motifs is 1. The number of hydrogen-bond acceptors (Lipinski definition) is 5. The molecule has 0 radical (unpaired) electrons. The predicted molar refractivity (Wildman–Crippen MR) is 110 cm³/mol. The molecule has 0 saturated carbocycles. The number of rotatable bonds is 7. The van der Waals surface area contributed by atoms with Crippen LogP contribution in [0.15, 0.2) is 46.9 Å². The summed E-state index contributed by atoms with van der Waals surface area (Å²) in [4.78, 5) is 15.6. The van der Waals surface area contributed by atoms with Gasteiger partial charge in [-0.15, -0.1) is 0 Å². The second-order valence-electron chi connectivity index (χ2n) is 7.51. The van der Waals surface area contributed by atoms with Gasteiger partial charge >= 0.3 is 5.97 Å². The summed E-state index contributed by atoms with van der Waals surface area (Å²) in [6.45, 7) is 2.33. The summed E-state index contributed by atoms with van der Waals surface area (Å²) in [5.74, 6) is 1.37. The maximum atomic E-state index is 11.0. The van der Waals surface area contributed by atoms with Crippen molar-refractivity contribution in [1.29, 1.82) is 5.26 Å². The van der Waals surface area contributed by atoms with E-state index in [-0.39, 0.29) is 12.3 Å². The van der Waals surface area contributed by atoms with Crippen LogP contribution < -0.4 is 4.74 Å². The summed E-state index contributed by atoms with van der Waals surface area (Å²) in [7, 11) is 0. The Morgan fingerprint density at radius 2 is 2.20 bits per heavy atom. The number of hydrogen-bond donors (Lipinski definition) is 1. The van der Waals surface area contributed by atoms with Gasteiger partial charge < -0.3 is 14.3 Å². The average molecular weight is 402 g/mol. The Hall–Kier alpha value is -3.59. The Labute approximate surface area is 174 Å². The molecular formula is C24H22N2O4. The van der Waals surface area contributed by atoms with Crippen molar-refractivity contribution in [3.63, 3.8) is 0 Å². The third-order valence-electron chi connectivity index (χ3n) is 5.48. The number of ether oxygens (including phenoxy) is 1. The Kier molecular flexibility index (Phi) is 5.53. The van der Waals surface area contributed by atoms with E-state index >= 15 is 0 Å². The molecule has 1 N–H and O–H groups in total. The zero-order chi connectivity index (χ0) is 21.1. The van der Waals surface area contributed by atoms with Gasteiger partial charge in [-0.05, 0) is 67.1 Å². The lowest BCUT2D eigenvalue weighted by Crippen LogP contribution is -2.04. The van der Waals surface area contributed by atoms with Gasteiger partial charge in [0.15, 0.2) is 0 Å². The van der Waals surface area contributed by atoms with Crippen molar-refractivity contribution in [1.82, 2.24) is 4.98 Å². The molecule has 0 spiro atoms. The van der Waals surface area contributed by atoms with Crippen LogP contribution in [0.3, 0.4) is 0 Å². The van der Waals surface area contributed by atoms with E-state index in [1.54, 1.807) is 12.1 Å². The molecule has 1 heterocycles. The number of aliphatic carboxylic acids is 1. The second kappa shape index (κ2) is 8.42.